The van der Waals surface area contributed by atoms with Gasteiger partial charge in [-0.15, -0.1) is 11.8 Å². The number of benzene rings is 2. The molecule has 27 heavy (non-hydrogen) atoms. The number of anilines is 1. The maximum Gasteiger partial charge on any atom is 0.242 e. The van der Waals surface area contributed by atoms with E-state index < -0.39 is 10.0 Å². The summed E-state index contributed by atoms with van der Waals surface area (Å²) in [5.41, 5.74) is 2.56. The Bertz CT molecular complexity index is 941. The van der Waals surface area contributed by atoms with Crippen LogP contribution in [0.1, 0.15) is 11.1 Å². The number of sulfonamides is 1. The maximum atomic E-state index is 12.4. The summed E-state index contributed by atoms with van der Waals surface area (Å²) >= 11 is 1.44. The van der Waals surface area contributed by atoms with E-state index in [0.717, 1.165) is 20.3 Å². The smallest absolute Gasteiger partial charge is 0.242 e. The van der Waals surface area contributed by atoms with Crippen LogP contribution in [0.5, 0.6) is 5.75 Å². The second kappa shape index (κ2) is 8.77. The molecule has 0 heterocycles. The summed E-state index contributed by atoms with van der Waals surface area (Å²) in [7, 11) is 0.778. The number of hydrogen-bond donors (Lipinski definition) is 1. The molecule has 0 fully saturated rings. The summed E-state index contributed by atoms with van der Waals surface area (Å²) in [6, 6.07) is 10.5. The van der Waals surface area contributed by atoms with E-state index in [0.29, 0.717) is 11.4 Å². The molecule has 0 saturated carbocycles. The number of rotatable bonds is 7. The first-order valence-corrected chi connectivity index (χ1v) is 10.7. The number of nitrogens with zero attached hydrogens (tertiary/aromatic N) is 1. The highest BCUT2D eigenvalue weighted by molar-refractivity contribution is 8.00. The molecular formula is C19H24N2O4S2. The molecule has 0 atom stereocenters. The lowest BCUT2D eigenvalue weighted by molar-refractivity contribution is -0.113. The van der Waals surface area contributed by atoms with Crippen molar-refractivity contribution in [2.75, 3.05) is 32.3 Å². The van der Waals surface area contributed by atoms with Crippen molar-refractivity contribution in [2.24, 2.45) is 0 Å². The van der Waals surface area contributed by atoms with Crippen LogP contribution in [0.2, 0.25) is 0 Å². The normalized spacial score (nSPS) is 11.5. The van der Waals surface area contributed by atoms with Gasteiger partial charge in [-0.25, -0.2) is 12.7 Å². The number of aryl methyl sites for hydroxylation is 2. The van der Waals surface area contributed by atoms with Crippen molar-refractivity contribution in [3.63, 3.8) is 0 Å². The standard InChI is InChI=1S/C19H24N2O4S2/c1-13-6-7-14(2)18(10-13)26-12-19(22)20-16-11-15(8-9-17(16)25-5)27(23,24)21(3)4/h6-11H,12H2,1-5H3,(H,20,22). The summed E-state index contributed by atoms with van der Waals surface area (Å²) < 4.78 is 31.0. The van der Waals surface area contributed by atoms with E-state index in [1.165, 1.54) is 51.2 Å². The fourth-order valence-corrected chi connectivity index (χ4v) is 4.20. The van der Waals surface area contributed by atoms with Gasteiger partial charge < -0.3 is 10.1 Å². The Kier molecular flexibility index (Phi) is 6.91. The first-order chi connectivity index (χ1) is 12.6. The van der Waals surface area contributed by atoms with Crippen molar-refractivity contribution in [1.82, 2.24) is 4.31 Å². The highest BCUT2D eigenvalue weighted by Crippen LogP contribution is 2.29. The van der Waals surface area contributed by atoms with Crippen molar-refractivity contribution in [1.29, 1.82) is 0 Å². The quantitative estimate of drug-likeness (QED) is 0.712. The molecule has 146 valence electrons. The number of carbonyl (C=O) groups excluding carboxylic acids is 1. The summed E-state index contributed by atoms with van der Waals surface area (Å²) in [6.07, 6.45) is 0. The molecule has 2 rings (SSSR count). The summed E-state index contributed by atoms with van der Waals surface area (Å²) in [6.45, 7) is 4.00. The summed E-state index contributed by atoms with van der Waals surface area (Å²) in [4.78, 5) is 13.5. The lowest BCUT2D eigenvalue weighted by atomic mass is 10.2. The Morgan fingerprint density at radius 1 is 1.15 bits per heavy atom. The van der Waals surface area contributed by atoms with Gasteiger partial charge in [0.15, 0.2) is 0 Å². The lowest BCUT2D eigenvalue weighted by Crippen LogP contribution is -2.22. The average Bonchev–Trinajstić information content (AvgIpc) is 2.62. The molecule has 0 unspecified atom stereocenters. The van der Waals surface area contributed by atoms with E-state index >= 15 is 0 Å². The highest BCUT2D eigenvalue weighted by atomic mass is 32.2. The molecule has 1 N–H and O–H groups in total. The van der Waals surface area contributed by atoms with Crippen LogP contribution in [0.25, 0.3) is 0 Å². The molecule has 0 spiro atoms. The zero-order valence-corrected chi connectivity index (χ0v) is 17.7. The first kappa shape index (κ1) is 21.3. The fraction of sp³-hybridized carbons (Fsp3) is 0.316. The third-order valence-corrected chi connectivity index (χ3v) is 6.89. The monoisotopic (exact) mass is 408 g/mol. The molecule has 8 heteroatoms. The van der Waals surface area contributed by atoms with E-state index in [1.807, 2.05) is 32.0 Å². The number of thioether (sulfide) groups is 1. The Morgan fingerprint density at radius 2 is 1.85 bits per heavy atom. The van der Waals surface area contributed by atoms with Gasteiger partial charge >= 0.3 is 0 Å². The summed E-state index contributed by atoms with van der Waals surface area (Å²) in [5.74, 6) is 0.370. The van der Waals surface area contributed by atoms with Gasteiger partial charge in [-0.2, -0.15) is 0 Å². The second-order valence-electron chi connectivity index (χ2n) is 6.26. The number of carbonyl (C=O) groups is 1. The predicted molar refractivity (Wildman–Crippen MR) is 109 cm³/mol. The van der Waals surface area contributed by atoms with Gasteiger partial charge in [-0.3, -0.25) is 4.79 Å². The molecule has 2 aromatic carbocycles. The number of amides is 1. The number of hydrogen-bond acceptors (Lipinski definition) is 5. The van der Waals surface area contributed by atoms with Crippen LogP contribution in [-0.4, -0.2) is 45.6 Å². The zero-order valence-electron chi connectivity index (χ0n) is 16.1. The predicted octanol–water partition coefficient (Wildman–Crippen LogP) is 3.29. The minimum Gasteiger partial charge on any atom is -0.495 e. The van der Waals surface area contributed by atoms with Gasteiger partial charge in [0.25, 0.3) is 0 Å². The van der Waals surface area contributed by atoms with Crippen molar-refractivity contribution in [3.05, 3.63) is 47.5 Å². The van der Waals surface area contributed by atoms with Gasteiger partial charge in [0.2, 0.25) is 15.9 Å². The SMILES string of the molecule is COc1ccc(S(=O)(=O)N(C)C)cc1NC(=O)CSc1cc(C)ccc1C. The molecule has 0 aromatic heterocycles. The van der Waals surface area contributed by atoms with E-state index in [4.69, 9.17) is 4.74 Å². The Morgan fingerprint density at radius 3 is 2.48 bits per heavy atom. The Balaban J connectivity index is 2.17. The van der Waals surface area contributed by atoms with Gasteiger partial charge in [-0.1, -0.05) is 17.7 Å². The molecule has 2 aromatic rings. The Hall–Kier alpha value is -2.03. The van der Waals surface area contributed by atoms with Crippen LogP contribution in [0.15, 0.2) is 46.2 Å². The lowest BCUT2D eigenvalue weighted by Gasteiger charge is -2.15. The van der Waals surface area contributed by atoms with Crippen LogP contribution in [-0.2, 0) is 14.8 Å². The molecular weight excluding hydrogens is 384 g/mol. The molecule has 0 saturated heterocycles. The molecule has 0 bridgehead atoms. The average molecular weight is 409 g/mol. The highest BCUT2D eigenvalue weighted by Gasteiger charge is 2.20. The van der Waals surface area contributed by atoms with Gasteiger partial charge in [-0.05, 0) is 43.7 Å². The van der Waals surface area contributed by atoms with E-state index in [2.05, 4.69) is 5.32 Å². The van der Waals surface area contributed by atoms with E-state index in [-0.39, 0.29) is 16.6 Å². The molecule has 0 radical (unpaired) electrons. The van der Waals surface area contributed by atoms with Crippen molar-refractivity contribution >= 4 is 33.4 Å². The van der Waals surface area contributed by atoms with Gasteiger partial charge in [0, 0.05) is 19.0 Å². The number of methoxy groups -OCH3 is 1. The first-order valence-electron chi connectivity index (χ1n) is 8.25. The minimum atomic E-state index is -3.60. The fourth-order valence-electron chi connectivity index (χ4n) is 2.35. The largest absolute Gasteiger partial charge is 0.495 e. The van der Waals surface area contributed by atoms with Crippen LogP contribution in [0.4, 0.5) is 5.69 Å². The third-order valence-electron chi connectivity index (χ3n) is 3.93. The van der Waals surface area contributed by atoms with Crippen LogP contribution < -0.4 is 10.1 Å². The van der Waals surface area contributed by atoms with Crippen LogP contribution >= 0.6 is 11.8 Å². The van der Waals surface area contributed by atoms with Crippen molar-refractivity contribution < 1.29 is 17.9 Å². The maximum absolute atomic E-state index is 12.4. The molecule has 0 aliphatic carbocycles. The van der Waals surface area contributed by atoms with Crippen molar-refractivity contribution in [2.45, 2.75) is 23.6 Å². The van der Waals surface area contributed by atoms with Gasteiger partial charge in [0.05, 0.1) is 23.4 Å². The zero-order chi connectivity index (χ0) is 20.2. The van der Waals surface area contributed by atoms with Crippen molar-refractivity contribution in [3.8, 4) is 5.75 Å². The molecule has 0 aliphatic rings. The van der Waals surface area contributed by atoms with E-state index in [9.17, 15) is 13.2 Å². The molecule has 6 nitrogen and oxygen atoms in total. The number of nitrogens with one attached hydrogen (secondary N) is 1. The third kappa shape index (κ3) is 5.24. The Labute approximate surface area is 165 Å². The molecule has 1 amide bonds. The number of ether oxygens (including phenoxy) is 1. The minimum absolute atomic E-state index is 0.0887. The van der Waals surface area contributed by atoms with Gasteiger partial charge in [0.1, 0.15) is 5.75 Å². The van der Waals surface area contributed by atoms with Crippen LogP contribution in [0, 0.1) is 13.8 Å². The van der Waals surface area contributed by atoms with E-state index in [1.54, 1.807) is 0 Å². The summed E-state index contributed by atoms with van der Waals surface area (Å²) in [5, 5.41) is 2.75. The topological polar surface area (TPSA) is 75.7 Å². The second-order valence-corrected chi connectivity index (χ2v) is 9.42. The molecule has 0 aliphatic heterocycles. The van der Waals surface area contributed by atoms with Crippen LogP contribution in [0.3, 0.4) is 0 Å².